The Kier molecular flexibility index (Phi) is 3.02. The first-order valence-corrected chi connectivity index (χ1v) is 5.32. The Balaban J connectivity index is 2.32. The Bertz CT molecular complexity index is 453. The minimum absolute atomic E-state index is 0.414. The first kappa shape index (κ1) is 10.8. The number of halogens is 1. The van der Waals surface area contributed by atoms with Crippen molar-refractivity contribution in [3.8, 4) is 0 Å². The maximum absolute atomic E-state index is 8.01. The summed E-state index contributed by atoms with van der Waals surface area (Å²) in [6, 6.07) is 11.3. The molecule has 0 aliphatic carbocycles. The third-order valence-electron chi connectivity index (χ3n) is 2.32. The van der Waals surface area contributed by atoms with Crippen molar-refractivity contribution in [1.29, 1.82) is 5.41 Å². The molecule has 0 atom stereocenters. The number of pyridine rings is 1. The predicted molar refractivity (Wildman–Crippen MR) is 66.4 cm³/mol. The van der Waals surface area contributed by atoms with Crippen LogP contribution in [0.25, 0.3) is 0 Å². The van der Waals surface area contributed by atoms with Crippen molar-refractivity contribution in [2.45, 2.75) is 6.92 Å². The Morgan fingerprint density at radius 3 is 2.38 bits per heavy atom. The summed E-state index contributed by atoms with van der Waals surface area (Å²) < 4.78 is 0. The van der Waals surface area contributed by atoms with E-state index in [2.05, 4.69) is 4.98 Å². The largest absolute Gasteiger partial charge is 0.298 e. The molecule has 0 aliphatic rings. The number of benzene rings is 1. The van der Waals surface area contributed by atoms with Crippen molar-refractivity contribution in [2.24, 2.45) is 0 Å². The average Bonchev–Trinajstić information content (AvgIpc) is 2.30. The summed E-state index contributed by atoms with van der Waals surface area (Å²) in [6.45, 7) is 2.02. The first-order valence-electron chi connectivity index (χ1n) is 4.94. The van der Waals surface area contributed by atoms with Crippen LogP contribution in [0.2, 0.25) is 5.02 Å². The molecule has 1 heterocycles. The molecular weight excluding hydrogens is 220 g/mol. The van der Waals surface area contributed by atoms with Crippen LogP contribution >= 0.6 is 11.6 Å². The smallest absolute Gasteiger partial charge is 0.0886 e. The highest BCUT2D eigenvalue weighted by Crippen LogP contribution is 2.11. The van der Waals surface area contributed by atoms with Gasteiger partial charge in [-0.05, 0) is 19.1 Å². The van der Waals surface area contributed by atoms with Gasteiger partial charge < -0.3 is 0 Å². The van der Waals surface area contributed by atoms with Crippen molar-refractivity contribution in [1.82, 2.24) is 4.98 Å². The molecule has 2 rings (SSSR count). The quantitative estimate of drug-likeness (QED) is 0.789. The second-order valence-electron chi connectivity index (χ2n) is 3.60. The summed E-state index contributed by atoms with van der Waals surface area (Å²) in [5.74, 6) is 0. The zero-order valence-electron chi connectivity index (χ0n) is 8.87. The predicted octanol–water partition coefficient (Wildman–Crippen LogP) is 3.46. The molecule has 0 radical (unpaired) electrons. The van der Waals surface area contributed by atoms with E-state index in [9.17, 15) is 0 Å². The topological polar surface area (TPSA) is 36.7 Å². The molecule has 1 N–H and O–H groups in total. The second kappa shape index (κ2) is 4.45. The van der Waals surface area contributed by atoms with E-state index in [1.807, 2.05) is 31.2 Å². The van der Waals surface area contributed by atoms with Gasteiger partial charge in [-0.15, -0.1) is 0 Å². The van der Waals surface area contributed by atoms with E-state index < -0.39 is 0 Å². The highest BCUT2D eigenvalue weighted by atomic mass is 35.5. The van der Waals surface area contributed by atoms with Gasteiger partial charge in [0.25, 0.3) is 0 Å². The lowest BCUT2D eigenvalue weighted by Crippen LogP contribution is -2.03. The maximum Gasteiger partial charge on any atom is 0.0886 e. The molecule has 0 bridgehead atoms. The fraction of sp³-hybridized carbons (Fsp3) is 0.0769. The minimum Gasteiger partial charge on any atom is -0.298 e. The molecule has 1 aromatic carbocycles. The highest BCUT2D eigenvalue weighted by molar-refractivity contribution is 6.30. The minimum atomic E-state index is 0.414. The van der Waals surface area contributed by atoms with E-state index >= 15 is 0 Å². The van der Waals surface area contributed by atoms with Crippen LogP contribution in [0.4, 0.5) is 0 Å². The molecule has 0 saturated carbocycles. The summed E-state index contributed by atoms with van der Waals surface area (Å²) in [4.78, 5) is 4.12. The van der Waals surface area contributed by atoms with Crippen LogP contribution in [0.3, 0.4) is 0 Å². The lowest BCUT2D eigenvalue weighted by molar-refractivity contribution is 1.27. The molecule has 1 aromatic heterocycles. The van der Waals surface area contributed by atoms with Gasteiger partial charge in [-0.3, -0.25) is 10.4 Å². The molecule has 80 valence electrons. The molecule has 0 spiro atoms. The van der Waals surface area contributed by atoms with Gasteiger partial charge in [0.2, 0.25) is 0 Å². The van der Waals surface area contributed by atoms with Crippen LogP contribution in [0.1, 0.15) is 16.8 Å². The summed E-state index contributed by atoms with van der Waals surface area (Å²) in [5, 5.41) is 8.59. The van der Waals surface area contributed by atoms with E-state index in [1.165, 1.54) is 5.56 Å². The zero-order valence-corrected chi connectivity index (χ0v) is 9.62. The Hall–Kier alpha value is -1.67. The number of aryl methyl sites for hydroxylation is 1. The number of nitrogens with one attached hydrogen (secondary N) is 1. The van der Waals surface area contributed by atoms with Crippen molar-refractivity contribution < 1.29 is 0 Å². The van der Waals surface area contributed by atoms with Gasteiger partial charge in [0, 0.05) is 11.8 Å². The monoisotopic (exact) mass is 230 g/mol. The zero-order chi connectivity index (χ0) is 11.5. The van der Waals surface area contributed by atoms with Gasteiger partial charge in [-0.25, -0.2) is 0 Å². The number of hydrogen-bond acceptors (Lipinski definition) is 2. The second-order valence-corrected chi connectivity index (χ2v) is 4.04. The normalized spacial score (nSPS) is 10.1. The molecule has 3 heteroatoms. The fourth-order valence-electron chi connectivity index (χ4n) is 1.39. The third-order valence-corrected chi connectivity index (χ3v) is 2.55. The van der Waals surface area contributed by atoms with Crippen LogP contribution in [-0.4, -0.2) is 10.7 Å². The van der Waals surface area contributed by atoms with Crippen LogP contribution in [0, 0.1) is 12.3 Å². The number of aromatic nitrogens is 1. The molecule has 16 heavy (non-hydrogen) atoms. The number of hydrogen-bond donors (Lipinski definition) is 1. The molecule has 0 fully saturated rings. The number of nitrogens with zero attached hydrogens (tertiary/aromatic N) is 1. The van der Waals surface area contributed by atoms with E-state index in [0.717, 1.165) is 5.56 Å². The lowest BCUT2D eigenvalue weighted by atomic mass is 10.1. The van der Waals surface area contributed by atoms with Gasteiger partial charge in [0.05, 0.1) is 16.4 Å². The van der Waals surface area contributed by atoms with Crippen LogP contribution < -0.4 is 0 Å². The first-order chi connectivity index (χ1) is 7.66. The molecule has 0 amide bonds. The molecule has 2 aromatic rings. The molecule has 0 aliphatic heterocycles. The fourth-order valence-corrected chi connectivity index (χ4v) is 1.50. The lowest BCUT2D eigenvalue weighted by Gasteiger charge is -2.03. The van der Waals surface area contributed by atoms with E-state index in [-0.39, 0.29) is 0 Å². The van der Waals surface area contributed by atoms with E-state index in [1.54, 1.807) is 18.3 Å². The summed E-state index contributed by atoms with van der Waals surface area (Å²) in [7, 11) is 0. The van der Waals surface area contributed by atoms with Gasteiger partial charge in [-0.1, -0.05) is 41.4 Å². The Labute approximate surface area is 99.4 Å². The van der Waals surface area contributed by atoms with Crippen molar-refractivity contribution >= 4 is 17.3 Å². The third kappa shape index (κ3) is 2.28. The summed E-state index contributed by atoms with van der Waals surface area (Å²) >= 11 is 5.75. The Morgan fingerprint density at radius 2 is 1.81 bits per heavy atom. The standard InChI is InChI=1S/C13H11ClN2/c1-9-2-4-10(5-3-9)13(15)12-7-6-11(14)8-16-12/h2-8,15H,1H3. The molecule has 0 saturated heterocycles. The summed E-state index contributed by atoms with van der Waals surface area (Å²) in [6.07, 6.45) is 1.56. The Morgan fingerprint density at radius 1 is 1.12 bits per heavy atom. The van der Waals surface area contributed by atoms with Gasteiger partial charge in [0.1, 0.15) is 0 Å². The van der Waals surface area contributed by atoms with Gasteiger partial charge in [0.15, 0.2) is 0 Å². The van der Waals surface area contributed by atoms with E-state index in [4.69, 9.17) is 17.0 Å². The summed E-state index contributed by atoms with van der Waals surface area (Å²) in [5.41, 5.74) is 3.09. The maximum atomic E-state index is 8.01. The van der Waals surface area contributed by atoms with Crippen LogP contribution in [0.5, 0.6) is 0 Å². The molecule has 2 nitrogen and oxygen atoms in total. The van der Waals surface area contributed by atoms with E-state index in [0.29, 0.717) is 16.4 Å². The van der Waals surface area contributed by atoms with Gasteiger partial charge in [-0.2, -0.15) is 0 Å². The number of rotatable bonds is 2. The van der Waals surface area contributed by atoms with Crippen molar-refractivity contribution in [3.05, 3.63) is 64.4 Å². The molecular formula is C13H11ClN2. The van der Waals surface area contributed by atoms with Gasteiger partial charge >= 0.3 is 0 Å². The van der Waals surface area contributed by atoms with Crippen molar-refractivity contribution in [2.75, 3.05) is 0 Å². The highest BCUT2D eigenvalue weighted by Gasteiger charge is 2.05. The van der Waals surface area contributed by atoms with Crippen molar-refractivity contribution in [3.63, 3.8) is 0 Å². The SMILES string of the molecule is Cc1ccc(C(=N)c2ccc(Cl)cn2)cc1. The molecule has 0 unspecified atom stereocenters. The van der Waals surface area contributed by atoms with Crippen LogP contribution in [-0.2, 0) is 0 Å². The average molecular weight is 231 g/mol. The van der Waals surface area contributed by atoms with Crippen LogP contribution in [0.15, 0.2) is 42.6 Å².